The third kappa shape index (κ3) is 6.71. The summed E-state index contributed by atoms with van der Waals surface area (Å²) in [5, 5.41) is 15.3. The van der Waals surface area contributed by atoms with Crippen molar-refractivity contribution in [2.45, 2.75) is 24.2 Å². The van der Waals surface area contributed by atoms with Gasteiger partial charge in [0.05, 0.1) is 60.9 Å². The first-order chi connectivity index (χ1) is 32.0. The first-order valence-electron chi connectivity index (χ1n) is 21.5. The van der Waals surface area contributed by atoms with E-state index in [0.717, 1.165) is 21.5 Å². The number of phenolic OH excluding ortho intramolecular Hbond substituents is 1. The van der Waals surface area contributed by atoms with Crippen LogP contribution in [-0.2, 0) is 24.6 Å². The van der Waals surface area contributed by atoms with Crippen LogP contribution in [0.3, 0.4) is 0 Å². The highest BCUT2D eigenvalue weighted by Crippen LogP contribution is 2.65. The van der Waals surface area contributed by atoms with Crippen LogP contribution in [0.4, 0.5) is 11.4 Å². The van der Waals surface area contributed by atoms with E-state index >= 15 is 14.4 Å². The fourth-order valence-electron chi connectivity index (χ4n) is 10.8. The summed E-state index contributed by atoms with van der Waals surface area (Å²) in [7, 11) is 4.74. The third-order valence-corrected chi connectivity index (χ3v) is 14.4. The normalized spacial score (nSPS) is 23.5. The largest absolute Gasteiger partial charge is 0.507 e. The molecule has 0 bridgehead atoms. The number of rotatable bonds is 10. The molecule has 2 aliphatic heterocycles. The van der Waals surface area contributed by atoms with E-state index in [9.17, 15) is 9.90 Å². The summed E-state index contributed by atoms with van der Waals surface area (Å²) >= 11 is 12.9. The van der Waals surface area contributed by atoms with E-state index in [4.69, 9.17) is 37.4 Å². The van der Waals surface area contributed by atoms with Gasteiger partial charge in [0.1, 0.15) is 23.0 Å². The maximum Gasteiger partial charge on any atom is 0.260 e. The summed E-state index contributed by atoms with van der Waals surface area (Å²) in [4.78, 5) is 61.8. The van der Waals surface area contributed by atoms with Crippen molar-refractivity contribution < 1.29 is 38.5 Å². The van der Waals surface area contributed by atoms with Gasteiger partial charge in [0.25, 0.3) is 11.8 Å². The van der Waals surface area contributed by atoms with Gasteiger partial charge in [-0.3, -0.25) is 29.5 Å². The fraction of sp³-hybridized carbons (Fsp3) is 0.208. The minimum Gasteiger partial charge on any atom is -0.507 e. The van der Waals surface area contributed by atoms with Crippen molar-refractivity contribution in [3.63, 3.8) is 0 Å². The average Bonchev–Trinajstić information content (AvgIpc) is 3.72. The van der Waals surface area contributed by atoms with E-state index < -0.39 is 46.8 Å². The molecule has 11 nitrogen and oxygen atoms in total. The van der Waals surface area contributed by atoms with Gasteiger partial charge in [-0.2, -0.15) is 5.01 Å². The number of anilines is 2. The fourth-order valence-corrected chi connectivity index (χ4v) is 11.3. The van der Waals surface area contributed by atoms with Crippen molar-refractivity contribution in [1.82, 2.24) is 5.01 Å². The number of amides is 4. The molecule has 0 aromatic heterocycles. The Morgan fingerprint density at radius 1 is 0.742 bits per heavy atom. The van der Waals surface area contributed by atoms with Crippen LogP contribution in [0.5, 0.6) is 23.0 Å². The first kappa shape index (κ1) is 42.8. The summed E-state index contributed by atoms with van der Waals surface area (Å²) in [5.41, 5.74) is 5.36. The van der Waals surface area contributed by atoms with E-state index in [1.54, 1.807) is 75.9 Å². The molecule has 0 unspecified atom stereocenters. The number of fused-ring (bicyclic) bond motifs is 5. The van der Waals surface area contributed by atoms with Gasteiger partial charge < -0.3 is 19.3 Å². The molecule has 2 saturated heterocycles. The molecule has 13 heteroatoms. The molecule has 4 aliphatic rings. The Balaban J connectivity index is 1.08. The second-order valence-electron chi connectivity index (χ2n) is 17.0. The van der Waals surface area contributed by atoms with Gasteiger partial charge in [0.2, 0.25) is 11.8 Å². The molecule has 6 aromatic rings. The smallest absolute Gasteiger partial charge is 0.260 e. The van der Waals surface area contributed by atoms with Crippen LogP contribution in [0.25, 0.3) is 22.9 Å². The number of hydrazine groups is 1. The van der Waals surface area contributed by atoms with Gasteiger partial charge in [0, 0.05) is 27.5 Å². The van der Waals surface area contributed by atoms with Gasteiger partial charge in [-0.15, -0.1) is 0 Å². The number of benzene rings is 6. The van der Waals surface area contributed by atoms with Crippen LogP contribution >= 0.6 is 23.2 Å². The number of methoxy groups -OCH3 is 3. The van der Waals surface area contributed by atoms with Gasteiger partial charge >= 0.3 is 0 Å². The first-order valence-corrected chi connectivity index (χ1v) is 22.3. The van der Waals surface area contributed by atoms with Crippen LogP contribution in [0.1, 0.15) is 41.0 Å². The van der Waals surface area contributed by atoms with Crippen LogP contribution < -0.4 is 24.5 Å². The number of aromatic hydroxyl groups is 1. The SMILES string of the molecule is COc1ccc([C@@]23C(=O)N(Nc4ccc(Cl)cc4Cl)C(=O)[C@@H]2C[C@@H]2C(=CC[C@@H]4C(=O)N(c5ccc(C=Cc6cc(OC)ccc6OC)cc5)C(=O)[C@@H]42)[C@@H]3c2ccc3ccccc3c2O)cc1. The Morgan fingerprint density at radius 3 is 2.21 bits per heavy atom. The van der Waals surface area contributed by atoms with Crippen LogP contribution in [0.15, 0.2) is 133 Å². The Labute approximate surface area is 390 Å². The zero-order valence-corrected chi connectivity index (χ0v) is 37.5. The van der Waals surface area contributed by atoms with E-state index in [2.05, 4.69) is 5.43 Å². The number of nitrogens with one attached hydrogen (secondary N) is 1. The molecular weight excluding hydrogens is 878 g/mol. The second kappa shape index (κ2) is 16.7. The third-order valence-electron chi connectivity index (χ3n) is 13.9. The molecule has 332 valence electrons. The van der Waals surface area contributed by atoms with Gasteiger partial charge in [0.15, 0.2) is 0 Å². The Hall–Kier alpha value is -7.08. The molecule has 1 saturated carbocycles. The molecule has 2 heterocycles. The maximum absolute atomic E-state index is 15.7. The molecule has 6 atom stereocenters. The van der Waals surface area contributed by atoms with Crippen molar-refractivity contribution in [2.75, 3.05) is 31.7 Å². The van der Waals surface area contributed by atoms with Crippen molar-refractivity contribution in [3.05, 3.63) is 165 Å². The quantitative estimate of drug-likeness (QED) is 0.0782. The number of ether oxygens (including phenoxy) is 3. The highest BCUT2D eigenvalue weighted by atomic mass is 35.5. The number of carbonyl (C=O) groups excluding carboxylic acids is 4. The number of halogens is 2. The zero-order chi connectivity index (χ0) is 46.0. The summed E-state index contributed by atoms with van der Waals surface area (Å²) in [6.45, 7) is 0. The van der Waals surface area contributed by atoms with Gasteiger partial charge in [-0.25, -0.2) is 0 Å². The number of carbonyl (C=O) groups is 4. The average molecular weight is 921 g/mol. The Kier molecular flexibility index (Phi) is 10.9. The van der Waals surface area contributed by atoms with Crippen molar-refractivity contribution in [1.29, 1.82) is 0 Å². The van der Waals surface area contributed by atoms with E-state index in [0.29, 0.717) is 50.0 Å². The monoisotopic (exact) mass is 919 g/mol. The standard InChI is InChI=1S/C53H43Cl2N3O8/c1-64-35-18-13-32(14-19-35)53-42(50(61)58(52(53)63)56-44-24-15-33(54)27-43(44)55)28-41-38(47(53)40-21-12-30-6-4-5-7-37(30)48(40)59)22-23-39-46(41)51(62)57(49(39)60)34-16-9-29(10-17-34)8-11-31-26-36(65-2)20-25-45(31)66-3/h4-22,24-27,39,41-42,46-47,56,59H,23,28H2,1-3H3/t39-,41+,42-,46-,47+,53+/m0/s1. The van der Waals surface area contributed by atoms with E-state index in [1.165, 1.54) is 11.0 Å². The number of imide groups is 2. The lowest BCUT2D eigenvalue weighted by molar-refractivity contribution is -0.138. The molecule has 66 heavy (non-hydrogen) atoms. The van der Waals surface area contributed by atoms with Crippen molar-refractivity contribution >= 4 is 81.1 Å². The van der Waals surface area contributed by atoms with E-state index in [1.807, 2.05) is 78.9 Å². The molecule has 10 rings (SSSR count). The number of hydrogen-bond acceptors (Lipinski definition) is 9. The predicted molar refractivity (Wildman–Crippen MR) is 254 cm³/mol. The minimum atomic E-state index is -1.64. The van der Waals surface area contributed by atoms with Crippen LogP contribution in [0.2, 0.25) is 10.0 Å². The van der Waals surface area contributed by atoms with Crippen LogP contribution in [-0.4, -0.2) is 55.1 Å². The molecule has 4 amide bonds. The highest BCUT2D eigenvalue weighted by Gasteiger charge is 2.70. The Bertz CT molecular complexity index is 3040. The number of allylic oxidation sites excluding steroid dienone is 2. The molecule has 3 fully saturated rings. The Morgan fingerprint density at radius 2 is 1.48 bits per heavy atom. The number of hydrogen-bond donors (Lipinski definition) is 2. The molecule has 0 radical (unpaired) electrons. The minimum absolute atomic E-state index is 0.0461. The second-order valence-corrected chi connectivity index (χ2v) is 17.8. The number of nitrogens with zero attached hydrogens (tertiary/aromatic N) is 2. The molecule has 2 aliphatic carbocycles. The maximum atomic E-state index is 15.7. The lowest BCUT2D eigenvalue weighted by Crippen LogP contribution is -2.53. The zero-order valence-electron chi connectivity index (χ0n) is 36.0. The van der Waals surface area contributed by atoms with Crippen molar-refractivity contribution in [2.24, 2.45) is 23.7 Å². The predicted octanol–water partition coefficient (Wildman–Crippen LogP) is 10.2. The summed E-state index contributed by atoms with van der Waals surface area (Å²) < 4.78 is 16.5. The number of phenols is 1. The summed E-state index contributed by atoms with van der Waals surface area (Å²) in [5.74, 6) is -4.25. The van der Waals surface area contributed by atoms with Gasteiger partial charge in [-0.1, -0.05) is 108 Å². The summed E-state index contributed by atoms with van der Waals surface area (Å²) in [6.07, 6.45) is 6.04. The summed E-state index contributed by atoms with van der Waals surface area (Å²) in [6, 6.07) is 35.5. The van der Waals surface area contributed by atoms with Crippen LogP contribution in [0, 0.1) is 23.7 Å². The molecule has 2 N–H and O–H groups in total. The molecular formula is C53H43Cl2N3O8. The topological polar surface area (TPSA) is 135 Å². The molecule has 0 spiro atoms. The highest BCUT2D eigenvalue weighted by molar-refractivity contribution is 6.36. The lowest BCUT2D eigenvalue weighted by atomic mass is 9.49. The molecule has 6 aromatic carbocycles. The van der Waals surface area contributed by atoms with Crippen molar-refractivity contribution in [3.8, 4) is 23.0 Å². The lowest BCUT2D eigenvalue weighted by Gasteiger charge is -2.50. The van der Waals surface area contributed by atoms with E-state index in [-0.39, 0.29) is 41.1 Å². The van der Waals surface area contributed by atoms with Gasteiger partial charge in [-0.05, 0) is 95.9 Å².